The molecule has 2 aromatic carbocycles. The summed E-state index contributed by atoms with van der Waals surface area (Å²) in [4.78, 5) is 25.2. The number of esters is 1. The molecule has 0 saturated heterocycles. The van der Waals surface area contributed by atoms with Crippen molar-refractivity contribution in [1.29, 1.82) is 0 Å². The summed E-state index contributed by atoms with van der Waals surface area (Å²) in [6, 6.07) is 14.7. The molecule has 1 atom stereocenters. The molecule has 1 aliphatic rings. The zero-order valence-corrected chi connectivity index (χ0v) is 16.6. The highest BCUT2D eigenvalue weighted by molar-refractivity contribution is 6.30. The third-order valence-electron chi connectivity index (χ3n) is 4.08. The molecule has 0 radical (unpaired) electrons. The monoisotopic (exact) mass is 413 g/mol. The van der Waals surface area contributed by atoms with Crippen LogP contribution in [0.2, 0.25) is 5.02 Å². The Labute approximate surface area is 173 Å². The summed E-state index contributed by atoms with van der Waals surface area (Å²) in [7, 11) is 0. The van der Waals surface area contributed by atoms with E-state index < -0.39 is 17.9 Å². The SMILES string of the molecule is CCOC(=O)C(N=Nc1cccc(Cl)c1)C1=C(C(=O)Nc2ccccc2)OCC1. The molecule has 1 aliphatic heterocycles. The number of hydrogen-bond donors (Lipinski definition) is 1. The van der Waals surface area contributed by atoms with E-state index in [4.69, 9.17) is 21.1 Å². The standard InChI is InChI=1S/C21H20ClN3O4/c1-2-28-21(27)18(25-24-16-10-6-7-14(22)13-16)17-11-12-29-19(17)20(26)23-15-8-4-3-5-9-15/h3-10,13,18H,2,11-12H2,1H3,(H,23,26). The lowest BCUT2D eigenvalue weighted by Gasteiger charge is -2.13. The maximum atomic E-state index is 12.7. The number of carbonyl (C=O) groups is 2. The molecule has 1 amide bonds. The van der Waals surface area contributed by atoms with Gasteiger partial charge in [0.15, 0.2) is 11.8 Å². The molecule has 0 bridgehead atoms. The van der Waals surface area contributed by atoms with Crippen LogP contribution >= 0.6 is 11.6 Å². The van der Waals surface area contributed by atoms with Gasteiger partial charge in [-0.15, -0.1) is 0 Å². The zero-order chi connectivity index (χ0) is 20.6. The van der Waals surface area contributed by atoms with Gasteiger partial charge in [0.1, 0.15) is 0 Å². The summed E-state index contributed by atoms with van der Waals surface area (Å²) in [5.74, 6) is -0.975. The number of azo groups is 1. The van der Waals surface area contributed by atoms with E-state index in [1.807, 2.05) is 6.07 Å². The van der Waals surface area contributed by atoms with Crippen LogP contribution in [0, 0.1) is 0 Å². The Bertz CT molecular complexity index is 944. The first-order valence-electron chi connectivity index (χ1n) is 9.13. The molecule has 8 heteroatoms. The number of para-hydroxylation sites is 1. The van der Waals surface area contributed by atoms with Crippen LogP contribution in [0.4, 0.5) is 11.4 Å². The highest BCUT2D eigenvalue weighted by Gasteiger charge is 2.34. The van der Waals surface area contributed by atoms with E-state index in [9.17, 15) is 9.59 Å². The molecule has 3 rings (SSSR count). The Morgan fingerprint density at radius 2 is 2.00 bits per heavy atom. The predicted molar refractivity (Wildman–Crippen MR) is 109 cm³/mol. The van der Waals surface area contributed by atoms with Crippen molar-refractivity contribution in [3.8, 4) is 0 Å². The average Bonchev–Trinajstić information content (AvgIpc) is 3.19. The molecule has 0 aromatic heterocycles. The van der Waals surface area contributed by atoms with Gasteiger partial charge in [0.05, 0.1) is 18.9 Å². The Balaban J connectivity index is 1.89. The molecule has 150 valence electrons. The van der Waals surface area contributed by atoms with E-state index in [0.29, 0.717) is 28.4 Å². The van der Waals surface area contributed by atoms with Crippen molar-refractivity contribution >= 4 is 34.9 Å². The molecule has 1 heterocycles. The Morgan fingerprint density at radius 3 is 2.72 bits per heavy atom. The highest BCUT2D eigenvalue weighted by Crippen LogP contribution is 2.28. The molecular formula is C21H20ClN3O4. The van der Waals surface area contributed by atoms with Crippen LogP contribution in [0.5, 0.6) is 0 Å². The van der Waals surface area contributed by atoms with E-state index >= 15 is 0 Å². The molecule has 2 aromatic rings. The number of hydrogen-bond acceptors (Lipinski definition) is 6. The second-order valence-electron chi connectivity index (χ2n) is 6.12. The van der Waals surface area contributed by atoms with Crippen molar-refractivity contribution in [2.75, 3.05) is 18.5 Å². The lowest BCUT2D eigenvalue weighted by Crippen LogP contribution is -2.26. The third kappa shape index (κ3) is 5.42. The van der Waals surface area contributed by atoms with Gasteiger partial charge in [-0.25, -0.2) is 4.79 Å². The van der Waals surface area contributed by atoms with Crippen LogP contribution in [-0.2, 0) is 19.1 Å². The second-order valence-corrected chi connectivity index (χ2v) is 6.56. The van der Waals surface area contributed by atoms with Crippen LogP contribution in [0.25, 0.3) is 0 Å². The summed E-state index contributed by atoms with van der Waals surface area (Å²) < 4.78 is 10.7. The number of benzene rings is 2. The maximum Gasteiger partial charge on any atom is 0.337 e. The van der Waals surface area contributed by atoms with Crippen molar-refractivity contribution in [2.24, 2.45) is 10.2 Å². The lowest BCUT2D eigenvalue weighted by atomic mass is 10.0. The van der Waals surface area contributed by atoms with E-state index in [1.165, 1.54) is 0 Å². The van der Waals surface area contributed by atoms with Gasteiger partial charge < -0.3 is 14.8 Å². The van der Waals surface area contributed by atoms with Gasteiger partial charge in [-0.1, -0.05) is 35.9 Å². The van der Waals surface area contributed by atoms with Gasteiger partial charge >= 0.3 is 5.97 Å². The Hall–Kier alpha value is -3.19. The molecule has 1 unspecified atom stereocenters. The van der Waals surface area contributed by atoms with Crippen molar-refractivity contribution < 1.29 is 19.1 Å². The summed E-state index contributed by atoms with van der Waals surface area (Å²) >= 11 is 5.97. The largest absolute Gasteiger partial charge is 0.488 e. The van der Waals surface area contributed by atoms with Crippen molar-refractivity contribution in [3.63, 3.8) is 0 Å². The fraction of sp³-hybridized carbons (Fsp3) is 0.238. The van der Waals surface area contributed by atoms with Crippen molar-refractivity contribution in [1.82, 2.24) is 0 Å². The number of rotatable bonds is 7. The summed E-state index contributed by atoms with van der Waals surface area (Å²) in [6.45, 7) is 2.16. The second kappa shape index (κ2) is 9.84. The van der Waals surface area contributed by atoms with Gasteiger partial charge in [0, 0.05) is 22.7 Å². The van der Waals surface area contributed by atoms with Crippen LogP contribution in [0.1, 0.15) is 13.3 Å². The molecule has 0 saturated carbocycles. The van der Waals surface area contributed by atoms with Gasteiger partial charge in [0.2, 0.25) is 0 Å². The molecule has 1 N–H and O–H groups in total. The fourth-order valence-electron chi connectivity index (χ4n) is 2.79. The predicted octanol–water partition coefficient (Wildman–Crippen LogP) is 4.67. The molecule has 0 spiro atoms. The van der Waals surface area contributed by atoms with E-state index in [-0.39, 0.29) is 19.0 Å². The summed E-state index contributed by atoms with van der Waals surface area (Å²) in [5.41, 5.74) is 1.54. The molecule has 0 fully saturated rings. The quantitative estimate of drug-likeness (QED) is 0.527. The average molecular weight is 414 g/mol. The minimum Gasteiger partial charge on any atom is -0.488 e. The first-order valence-corrected chi connectivity index (χ1v) is 9.51. The van der Waals surface area contributed by atoms with Crippen LogP contribution in [0.3, 0.4) is 0 Å². The van der Waals surface area contributed by atoms with Crippen LogP contribution < -0.4 is 5.32 Å². The Morgan fingerprint density at radius 1 is 1.21 bits per heavy atom. The Kier molecular flexibility index (Phi) is 6.97. The number of ether oxygens (including phenoxy) is 2. The molecular weight excluding hydrogens is 394 g/mol. The number of nitrogens with one attached hydrogen (secondary N) is 1. The zero-order valence-electron chi connectivity index (χ0n) is 15.8. The van der Waals surface area contributed by atoms with Gasteiger partial charge in [0.25, 0.3) is 5.91 Å². The summed E-state index contributed by atoms with van der Waals surface area (Å²) in [5, 5.41) is 11.5. The van der Waals surface area contributed by atoms with Gasteiger partial charge in [-0.3, -0.25) is 4.79 Å². The first-order chi connectivity index (χ1) is 14.1. The fourth-order valence-corrected chi connectivity index (χ4v) is 2.98. The van der Waals surface area contributed by atoms with E-state index in [1.54, 1.807) is 55.5 Å². The van der Waals surface area contributed by atoms with Crippen LogP contribution in [0.15, 0.2) is 76.2 Å². The topological polar surface area (TPSA) is 89.4 Å². The first kappa shape index (κ1) is 20.5. The summed E-state index contributed by atoms with van der Waals surface area (Å²) in [6.07, 6.45) is 0.371. The maximum absolute atomic E-state index is 12.7. The lowest BCUT2D eigenvalue weighted by molar-refractivity contribution is -0.143. The highest BCUT2D eigenvalue weighted by atomic mass is 35.5. The minimum absolute atomic E-state index is 0.0666. The minimum atomic E-state index is -1.08. The van der Waals surface area contributed by atoms with Gasteiger partial charge in [-0.05, 0) is 37.3 Å². The molecule has 0 aliphatic carbocycles. The number of amides is 1. The molecule has 7 nitrogen and oxygen atoms in total. The van der Waals surface area contributed by atoms with Crippen LogP contribution in [-0.4, -0.2) is 31.1 Å². The third-order valence-corrected chi connectivity index (χ3v) is 4.32. The van der Waals surface area contributed by atoms with E-state index in [0.717, 1.165) is 0 Å². The number of halogens is 1. The van der Waals surface area contributed by atoms with Gasteiger partial charge in [-0.2, -0.15) is 10.2 Å². The number of nitrogens with zero attached hydrogens (tertiary/aromatic N) is 2. The van der Waals surface area contributed by atoms with Crippen molar-refractivity contribution in [2.45, 2.75) is 19.4 Å². The van der Waals surface area contributed by atoms with E-state index in [2.05, 4.69) is 15.5 Å². The molecule has 29 heavy (non-hydrogen) atoms. The normalized spacial score (nSPS) is 14.6. The van der Waals surface area contributed by atoms with Crippen molar-refractivity contribution in [3.05, 3.63) is 71.0 Å². The smallest absolute Gasteiger partial charge is 0.337 e. The number of anilines is 1. The number of carbonyl (C=O) groups excluding carboxylic acids is 2.